The molecule has 1 amide bonds. The number of pyridine rings is 1. The Morgan fingerprint density at radius 2 is 2.44 bits per heavy atom. The quantitative estimate of drug-likeness (QED) is 0.808. The molecule has 0 aromatic carbocycles. The smallest absolute Gasteiger partial charge is 0.231 e. The second-order valence-electron chi connectivity index (χ2n) is 4.25. The SMILES string of the molecule is CC1NCCC1C(=O)N(C)c1cccnc1. The fourth-order valence-electron chi connectivity index (χ4n) is 2.12. The van der Waals surface area contributed by atoms with Gasteiger partial charge < -0.3 is 10.2 Å². The Kier molecular flexibility index (Phi) is 3.19. The molecule has 0 spiro atoms. The Labute approximate surface area is 95.7 Å². The summed E-state index contributed by atoms with van der Waals surface area (Å²) >= 11 is 0. The van der Waals surface area contributed by atoms with E-state index in [2.05, 4.69) is 17.2 Å². The van der Waals surface area contributed by atoms with Crippen molar-refractivity contribution in [2.24, 2.45) is 5.92 Å². The van der Waals surface area contributed by atoms with Crippen LogP contribution in [0.3, 0.4) is 0 Å². The number of hydrogen-bond acceptors (Lipinski definition) is 3. The minimum absolute atomic E-state index is 0.0882. The molecule has 0 bridgehead atoms. The third-order valence-electron chi connectivity index (χ3n) is 3.21. The first-order chi connectivity index (χ1) is 7.70. The van der Waals surface area contributed by atoms with E-state index in [0.29, 0.717) is 0 Å². The molecule has 4 heteroatoms. The van der Waals surface area contributed by atoms with Crippen molar-refractivity contribution >= 4 is 11.6 Å². The van der Waals surface area contributed by atoms with Gasteiger partial charge in [0.05, 0.1) is 17.8 Å². The average Bonchev–Trinajstić information content (AvgIpc) is 2.75. The van der Waals surface area contributed by atoms with Crippen molar-refractivity contribution in [1.82, 2.24) is 10.3 Å². The Morgan fingerprint density at radius 3 is 3.00 bits per heavy atom. The highest BCUT2D eigenvalue weighted by atomic mass is 16.2. The lowest BCUT2D eigenvalue weighted by molar-refractivity contribution is -0.122. The molecule has 1 aliphatic heterocycles. The number of amides is 1. The first-order valence-electron chi connectivity index (χ1n) is 5.61. The summed E-state index contributed by atoms with van der Waals surface area (Å²) in [5, 5.41) is 3.29. The summed E-state index contributed by atoms with van der Waals surface area (Å²) in [6.07, 6.45) is 4.34. The van der Waals surface area contributed by atoms with Gasteiger partial charge in [0.15, 0.2) is 0 Å². The summed E-state index contributed by atoms with van der Waals surface area (Å²) in [5.41, 5.74) is 0.853. The van der Waals surface area contributed by atoms with Crippen LogP contribution in [0.25, 0.3) is 0 Å². The maximum absolute atomic E-state index is 12.2. The van der Waals surface area contributed by atoms with Crippen LogP contribution in [-0.4, -0.2) is 30.5 Å². The third kappa shape index (κ3) is 2.07. The molecule has 2 unspecified atom stereocenters. The second-order valence-corrected chi connectivity index (χ2v) is 4.25. The van der Waals surface area contributed by atoms with E-state index in [4.69, 9.17) is 0 Å². The van der Waals surface area contributed by atoms with Gasteiger partial charge in [0.1, 0.15) is 0 Å². The van der Waals surface area contributed by atoms with Gasteiger partial charge in [-0.05, 0) is 32.0 Å². The summed E-state index contributed by atoms with van der Waals surface area (Å²) in [7, 11) is 1.81. The van der Waals surface area contributed by atoms with Crippen molar-refractivity contribution in [3.63, 3.8) is 0 Å². The maximum Gasteiger partial charge on any atom is 0.231 e. The van der Waals surface area contributed by atoms with Crippen molar-refractivity contribution in [3.05, 3.63) is 24.5 Å². The number of aromatic nitrogens is 1. The van der Waals surface area contributed by atoms with Crippen LogP contribution >= 0.6 is 0 Å². The Morgan fingerprint density at radius 1 is 1.62 bits per heavy atom. The van der Waals surface area contributed by atoms with E-state index in [1.54, 1.807) is 17.3 Å². The molecular formula is C12H17N3O. The number of rotatable bonds is 2. The van der Waals surface area contributed by atoms with Crippen molar-refractivity contribution in [2.75, 3.05) is 18.5 Å². The average molecular weight is 219 g/mol. The lowest BCUT2D eigenvalue weighted by Crippen LogP contribution is -2.38. The van der Waals surface area contributed by atoms with Gasteiger partial charge in [-0.25, -0.2) is 0 Å². The van der Waals surface area contributed by atoms with E-state index >= 15 is 0 Å². The first-order valence-corrected chi connectivity index (χ1v) is 5.61. The van der Waals surface area contributed by atoms with Crippen LogP contribution in [0.2, 0.25) is 0 Å². The molecule has 1 aliphatic rings. The fraction of sp³-hybridized carbons (Fsp3) is 0.500. The summed E-state index contributed by atoms with van der Waals surface area (Å²) in [5.74, 6) is 0.260. The van der Waals surface area contributed by atoms with E-state index in [-0.39, 0.29) is 17.9 Å². The maximum atomic E-state index is 12.2. The standard InChI is InChI=1S/C12H17N3O/c1-9-11(5-7-14-9)12(16)15(2)10-4-3-6-13-8-10/h3-4,6,8-9,11,14H,5,7H2,1-2H3. The molecule has 1 saturated heterocycles. The van der Waals surface area contributed by atoms with Crippen molar-refractivity contribution in [2.45, 2.75) is 19.4 Å². The van der Waals surface area contributed by atoms with Crippen LogP contribution in [-0.2, 0) is 4.79 Å². The normalized spacial score (nSPS) is 24.4. The van der Waals surface area contributed by atoms with Gasteiger partial charge in [-0.2, -0.15) is 0 Å². The van der Waals surface area contributed by atoms with Crippen LogP contribution in [0.4, 0.5) is 5.69 Å². The summed E-state index contributed by atoms with van der Waals surface area (Å²) < 4.78 is 0. The number of nitrogens with one attached hydrogen (secondary N) is 1. The fourth-order valence-corrected chi connectivity index (χ4v) is 2.12. The zero-order chi connectivity index (χ0) is 11.5. The van der Waals surface area contributed by atoms with Crippen molar-refractivity contribution in [3.8, 4) is 0 Å². The van der Waals surface area contributed by atoms with Crippen molar-refractivity contribution < 1.29 is 4.79 Å². The number of carbonyl (C=O) groups is 1. The van der Waals surface area contributed by atoms with Crippen LogP contribution in [0.15, 0.2) is 24.5 Å². The minimum atomic E-state index is 0.0882. The van der Waals surface area contributed by atoms with E-state index < -0.39 is 0 Å². The van der Waals surface area contributed by atoms with Gasteiger partial charge in [-0.15, -0.1) is 0 Å². The zero-order valence-corrected chi connectivity index (χ0v) is 9.68. The highest BCUT2D eigenvalue weighted by Crippen LogP contribution is 2.20. The Hall–Kier alpha value is -1.42. The summed E-state index contributed by atoms with van der Waals surface area (Å²) in [6.45, 7) is 2.99. The zero-order valence-electron chi connectivity index (χ0n) is 9.68. The number of carbonyl (C=O) groups excluding carboxylic acids is 1. The molecule has 0 radical (unpaired) electrons. The molecule has 86 valence electrons. The van der Waals surface area contributed by atoms with Gasteiger partial charge in [-0.1, -0.05) is 0 Å². The largest absolute Gasteiger partial charge is 0.314 e. The molecule has 1 aromatic rings. The predicted octanol–water partition coefficient (Wildman–Crippen LogP) is 1.04. The lowest BCUT2D eigenvalue weighted by Gasteiger charge is -2.22. The topological polar surface area (TPSA) is 45.2 Å². The van der Waals surface area contributed by atoms with Gasteiger partial charge in [-0.3, -0.25) is 9.78 Å². The molecule has 16 heavy (non-hydrogen) atoms. The van der Waals surface area contributed by atoms with Crippen LogP contribution in [0, 0.1) is 5.92 Å². The highest BCUT2D eigenvalue weighted by molar-refractivity contribution is 5.94. The van der Waals surface area contributed by atoms with Crippen LogP contribution in [0.1, 0.15) is 13.3 Å². The van der Waals surface area contributed by atoms with E-state index in [1.165, 1.54) is 0 Å². The molecule has 0 aliphatic carbocycles. The number of hydrogen-bond donors (Lipinski definition) is 1. The van der Waals surface area contributed by atoms with E-state index in [1.807, 2.05) is 19.2 Å². The van der Waals surface area contributed by atoms with Gasteiger partial charge in [0.2, 0.25) is 5.91 Å². The van der Waals surface area contributed by atoms with Gasteiger partial charge in [0.25, 0.3) is 0 Å². The molecule has 1 N–H and O–H groups in total. The van der Waals surface area contributed by atoms with Gasteiger partial charge in [0, 0.05) is 19.3 Å². The molecular weight excluding hydrogens is 202 g/mol. The van der Waals surface area contributed by atoms with Gasteiger partial charge >= 0.3 is 0 Å². The molecule has 0 saturated carbocycles. The Balaban J connectivity index is 2.10. The molecule has 2 atom stereocenters. The van der Waals surface area contributed by atoms with E-state index in [0.717, 1.165) is 18.7 Å². The van der Waals surface area contributed by atoms with E-state index in [9.17, 15) is 4.79 Å². The monoisotopic (exact) mass is 219 g/mol. The highest BCUT2D eigenvalue weighted by Gasteiger charge is 2.31. The van der Waals surface area contributed by atoms with Crippen molar-refractivity contribution in [1.29, 1.82) is 0 Å². The summed E-state index contributed by atoms with van der Waals surface area (Å²) in [4.78, 5) is 17.9. The lowest BCUT2D eigenvalue weighted by atomic mass is 10.0. The Bertz CT molecular complexity index is 366. The molecule has 1 fully saturated rings. The summed E-state index contributed by atoms with van der Waals surface area (Å²) in [6, 6.07) is 4.01. The molecule has 4 nitrogen and oxygen atoms in total. The third-order valence-corrected chi connectivity index (χ3v) is 3.21. The molecule has 2 heterocycles. The number of anilines is 1. The van der Waals surface area contributed by atoms with Crippen LogP contribution in [0.5, 0.6) is 0 Å². The molecule has 2 rings (SSSR count). The first kappa shape index (κ1) is 11.1. The molecule has 1 aromatic heterocycles. The minimum Gasteiger partial charge on any atom is -0.314 e. The second kappa shape index (κ2) is 4.61. The number of nitrogens with zero attached hydrogens (tertiary/aromatic N) is 2. The predicted molar refractivity (Wildman–Crippen MR) is 63.2 cm³/mol. The van der Waals surface area contributed by atoms with Crippen LogP contribution < -0.4 is 10.2 Å².